The fourth-order valence-corrected chi connectivity index (χ4v) is 3.85. The summed E-state index contributed by atoms with van der Waals surface area (Å²) in [4.78, 5) is 0. The minimum absolute atomic E-state index is 0.155. The Morgan fingerprint density at radius 1 is 1.10 bits per heavy atom. The topological polar surface area (TPSA) is 12.0 Å². The Labute approximate surface area is 132 Å². The molecule has 1 nitrogen and oxygen atoms in total. The second-order valence-electron chi connectivity index (χ2n) is 5.73. The zero-order chi connectivity index (χ0) is 14.4. The summed E-state index contributed by atoms with van der Waals surface area (Å²) in [6.45, 7) is 0. The molecular weight excluding hydrogens is 329 g/mol. The van der Waals surface area contributed by atoms with Gasteiger partial charge in [-0.1, -0.05) is 52.3 Å². The number of fused-ring (bicyclic) bond motifs is 3. The molecule has 0 amide bonds. The highest BCUT2D eigenvalue weighted by atomic mass is 79.9. The van der Waals surface area contributed by atoms with Crippen LogP contribution >= 0.6 is 15.9 Å². The van der Waals surface area contributed by atoms with Crippen LogP contribution in [-0.4, -0.2) is 0 Å². The molecule has 21 heavy (non-hydrogen) atoms. The van der Waals surface area contributed by atoms with E-state index in [0.29, 0.717) is 17.5 Å². The fraction of sp³-hybridized carbons (Fsp3) is 0.222. The summed E-state index contributed by atoms with van der Waals surface area (Å²) in [6, 6.07) is 13.9. The number of para-hydroxylation sites is 1. The van der Waals surface area contributed by atoms with Crippen molar-refractivity contribution in [3.8, 4) is 0 Å². The quantitative estimate of drug-likeness (QED) is 0.682. The molecule has 3 heteroatoms. The molecule has 2 aromatic carbocycles. The van der Waals surface area contributed by atoms with Crippen LogP contribution in [0.15, 0.2) is 59.1 Å². The number of allylic oxidation sites excluding steroid dienone is 2. The number of anilines is 1. The van der Waals surface area contributed by atoms with E-state index in [1.165, 1.54) is 11.6 Å². The second-order valence-corrected chi connectivity index (χ2v) is 6.65. The fourth-order valence-electron chi connectivity index (χ4n) is 3.58. The molecule has 0 unspecified atom stereocenters. The number of nitrogens with one attached hydrogen (secondary N) is 1. The molecule has 0 saturated heterocycles. The van der Waals surface area contributed by atoms with Crippen molar-refractivity contribution in [1.29, 1.82) is 0 Å². The number of benzene rings is 2. The highest BCUT2D eigenvalue weighted by Crippen LogP contribution is 2.50. The Kier molecular flexibility index (Phi) is 3.11. The minimum Gasteiger partial charge on any atom is -0.375 e. The minimum atomic E-state index is -0.159. The lowest BCUT2D eigenvalue weighted by Crippen LogP contribution is -2.29. The zero-order valence-electron chi connectivity index (χ0n) is 11.4. The smallest absolute Gasteiger partial charge is 0.146 e. The molecule has 0 radical (unpaired) electrons. The molecule has 2 aliphatic rings. The van der Waals surface area contributed by atoms with Crippen molar-refractivity contribution in [3.63, 3.8) is 0 Å². The Balaban J connectivity index is 1.81. The first-order valence-electron chi connectivity index (χ1n) is 7.21. The maximum absolute atomic E-state index is 14.2. The van der Waals surface area contributed by atoms with Gasteiger partial charge in [-0.3, -0.25) is 0 Å². The molecule has 4 rings (SSSR count). The van der Waals surface area contributed by atoms with Crippen molar-refractivity contribution in [2.24, 2.45) is 5.92 Å². The van der Waals surface area contributed by atoms with Gasteiger partial charge in [-0.05, 0) is 41.7 Å². The van der Waals surface area contributed by atoms with Crippen LogP contribution in [0, 0.1) is 11.7 Å². The Morgan fingerprint density at radius 3 is 2.71 bits per heavy atom. The van der Waals surface area contributed by atoms with Gasteiger partial charge >= 0.3 is 0 Å². The van der Waals surface area contributed by atoms with Gasteiger partial charge in [-0.2, -0.15) is 0 Å². The molecule has 0 spiro atoms. The molecule has 1 heterocycles. The first-order valence-corrected chi connectivity index (χ1v) is 8.00. The molecule has 0 fully saturated rings. The van der Waals surface area contributed by atoms with Crippen LogP contribution in [0.3, 0.4) is 0 Å². The number of hydrogen-bond acceptors (Lipinski definition) is 1. The average Bonchev–Trinajstić information content (AvgIpc) is 2.98. The summed E-state index contributed by atoms with van der Waals surface area (Å²) in [6.07, 6.45) is 5.49. The third-order valence-corrected chi connectivity index (χ3v) is 5.10. The van der Waals surface area contributed by atoms with Crippen molar-refractivity contribution < 1.29 is 4.39 Å². The zero-order valence-corrected chi connectivity index (χ0v) is 13.0. The molecule has 106 valence electrons. The van der Waals surface area contributed by atoms with Crippen LogP contribution in [-0.2, 0) is 0 Å². The Bertz CT molecular complexity index is 708. The highest BCUT2D eigenvalue weighted by molar-refractivity contribution is 9.10. The van der Waals surface area contributed by atoms with Gasteiger partial charge in [0.15, 0.2) is 0 Å². The van der Waals surface area contributed by atoms with E-state index in [2.05, 4.69) is 45.5 Å². The standard InChI is InChI=1S/C18H15BrFN/c19-12-9-7-11(8-10-12)17-14-4-1-3-13(14)15-5-2-6-16(20)18(15)21-17/h1-3,5-10,13-14,17,21H,4H2/t13-,14-,17-/m1/s1. The van der Waals surface area contributed by atoms with E-state index in [1.807, 2.05) is 18.2 Å². The molecule has 0 saturated carbocycles. The predicted octanol–water partition coefficient (Wildman–Crippen LogP) is 5.41. The Morgan fingerprint density at radius 2 is 1.90 bits per heavy atom. The SMILES string of the molecule is Fc1cccc2c1N[C@H](c1ccc(Br)cc1)[C@@H]1CC=C[C@@H]21. The average molecular weight is 344 g/mol. The first kappa shape index (κ1) is 13.1. The summed E-state index contributed by atoms with van der Waals surface area (Å²) in [5.74, 6) is 0.611. The summed E-state index contributed by atoms with van der Waals surface area (Å²) in [5, 5.41) is 3.44. The van der Waals surface area contributed by atoms with Gasteiger partial charge in [0.1, 0.15) is 5.82 Å². The summed E-state index contributed by atoms with van der Waals surface area (Å²) in [5.41, 5.74) is 2.96. The van der Waals surface area contributed by atoms with E-state index >= 15 is 0 Å². The van der Waals surface area contributed by atoms with Crippen LogP contribution in [0.5, 0.6) is 0 Å². The van der Waals surface area contributed by atoms with E-state index in [-0.39, 0.29) is 11.9 Å². The lowest BCUT2D eigenvalue weighted by Gasteiger charge is -2.37. The van der Waals surface area contributed by atoms with Crippen LogP contribution in [0.4, 0.5) is 10.1 Å². The monoisotopic (exact) mass is 343 g/mol. The number of hydrogen-bond donors (Lipinski definition) is 1. The largest absolute Gasteiger partial charge is 0.375 e. The van der Waals surface area contributed by atoms with Gasteiger partial charge < -0.3 is 5.32 Å². The van der Waals surface area contributed by atoms with Gasteiger partial charge in [0.05, 0.1) is 11.7 Å². The maximum atomic E-state index is 14.2. The van der Waals surface area contributed by atoms with Crippen molar-refractivity contribution in [2.45, 2.75) is 18.4 Å². The van der Waals surface area contributed by atoms with Gasteiger partial charge in [-0.15, -0.1) is 0 Å². The van der Waals surface area contributed by atoms with E-state index in [9.17, 15) is 4.39 Å². The van der Waals surface area contributed by atoms with Crippen molar-refractivity contribution in [1.82, 2.24) is 0 Å². The normalized spacial score (nSPS) is 26.1. The van der Waals surface area contributed by atoms with Gasteiger partial charge in [0, 0.05) is 10.4 Å². The van der Waals surface area contributed by atoms with Crippen LogP contribution < -0.4 is 5.32 Å². The lowest BCUT2D eigenvalue weighted by atomic mass is 9.77. The van der Waals surface area contributed by atoms with Crippen molar-refractivity contribution in [2.75, 3.05) is 5.32 Å². The molecule has 0 aromatic heterocycles. The summed E-state index contributed by atoms with van der Waals surface area (Å²) >= 11 is 3.47. The van der Waals surface area contributed by atoms with E-state index in [4.69, 9.17) is 0 Å². The maximum Gasteiger partial charge on any atom is 0.146 e. The highest BCUT2D eigenvalue weighted by Gasteiger charge is 2.38. The third-order valence-electron chi connectivity index (χ3n) is 4.58. The summed E-state index contributed by atoms with van der Waals surface area (Å²) < 4.78 is 15.3. The van der Waals surface area contributed by atoms with Crippen LogP contribution in [0.2, 0.25) is 0 Å². The second kappa shape index (κ2) is 4.99. The lowest BCUT2D eigenvalue weighted by molar-refractivity contribution is 0.421. The molecule has 1 N–H and O–H groups in total. The molecule has 1 aliphatic heterocycles. The van der Waals surface area contributed by atoms with E-state index in [0.717, 1.165) is 16.5 Å². The first-order chi connectivity index (χ1) is 10.2. The van der Waals surface area contributed by atoms with Crippen LogP contribution in [0.25, 0.3) is 0 Å². The molecule has 3 atom stereocenters. The summed E-state index contributed by atoms with van der Waals surface area (Å²) in [7, 11) is 0. The molecule has 1 aliphatic carbocycles. The van der Waals surface area contributed by atoms with Gasteiger partial charge in [-0.25, -0.2) is 4.39 Å². The van der Waals surface area contributed by atoms with E-state index in [1.54, 1.807) is 6.07 Å². The Hall–Kier alpha value is -1.61. The van der Waals surface area contributed by atoms with Crippen molar-refractivity contribution in [3.05, 3.63) is 76.0 Å². The molecule has 0 bridgehead atoms. The molecular formula is C18H15BrFN. The third kappa shape index (κ3) is 2.11. The number of rotatable bonds is 1. The van der Waals surface area contributed by atoms with E-state index < -0.39 is 0 Å². The predicted molar refractivity (Wildman–Crippen MR) is 86.9 cm³/mol. The van der Waals surface area contributed by atoms with Crippen molar-refractivity contribution >= 4 is 21.6 Å². The van der Waals surface area contributed by atoms with Crippen LogP contribution in [0.1, 0.15) is 29.5 Å². The van der Waals surface area contributed by atoms with Gasteiger partial charge in [0.2, 0.25) is 0 Å². The van der Waals surface area contributed by atoms with Gasteiger partial charge in [0.25, 0.3) is 0 Å². The number of halogens is 2. The molecule has 2 aromatic rings.